The third kappa shape index (κ3) is 5.12. The van der Waals surface area contributed by atoms with Crippen LogP contribution in [-0.4, -0.2) is 22.0 Å². The van der Waals surface area contributed by atoms with E-state index in [0.29, 0.717) is 22.9 Å². The maximum absolute atomic E-state index is 12.2. The van der Waals surface area contributed by atoms with Crippen LogP contribution in [0.2, 0.25) is 0 Å². The number of nitrogens with zero attached hydrogens (tertiary/aromatic N) is 2. The first-order valence-electron chi connectivity index (χ1n) is 8.36. The lowest BCUT2D eigenvalue weighted by atomic mass is 10.1. The highest BCUT2D eigenvalue weighted by molar-refractivity contribution is 6.03. The summed E-state index contributed by atoms with van der Waals surface area (Å²) in [6.45, 7) is 3.39. The Morgan fingerprint density at radius 2 is 1.48 bits per heavy atom. The summed E-state index contributed by atoms with van der Waals surface area (Å²) in [5.41, 5.74) is 3.10. The lowest BCUT2D eigenvalue weighted by Crippen LogP contribution is -2.13. The highest BCUT2D eigenvalue weighted by Crippen LogP contribution is 2.18. The smallest absolute Gasteiger partial charge is 0.256 e. The summed E-state index contributed by atoms with van der Waals surface area (Å²) >= 11 is 0. The fraction of sp³-hybridized carbons (Fsp3) is 0.100. The summed E-state index contributed by atoms with van der Waals surface area (Å²) in [6.07, 6.45) is 0. The van der Waals surface area contributed by atoms with Crippen molar-refractivity contribution in [1.82, 2.24) is 10.2 Å². The molecule has 3 rings (SSSR count). The predicted molar refractivity (Wildman–Crippen MR) is 105 cm³/mol. The van der Waals surface area contributed by atoms with Crippen LogP contribution >= 0.6 is 0 Å². The Bertz CT molecular complexity index is 953. The van der Waals surface area contributed by atoms with Gasteiger partial charge in [-0.1, -0.05) is 17.7 Å². The number of aromatic nitrogens is 2. The Labute approximate surface area is 156 Å². The zero-order valence-electron chi connectivity index (χ0n) is 15.0. The van der Waals surface area contributed by atoms with E-state index in [1.54, 1.807) is 30.3 Å². The molecule has 0 aliphatic heterocycles. The lowest BCUT2D eigenvalue weighted by molar-refractivity contribution is -0.114. The Morgan fingerprint density at radius 1 is 0.815 bits per heavy atom. The Hall–Kier alpha value is -3.74. The van der Waals surface area contributed by atoms with E-state index in [4.69, 9.17) is 0 Å². The molecule has 0 unspecified atom stereocenters. The van der Waals surface area contributed by atoms with E-state index in [1.165, 1.54) is 6.92 Å². The Kier molecular flexibility index (Phi) is 5.41. The van der Waals surface area contributed by atoms with E-state index in [9.17, 15) is 9.59 Å². The molecule has 0 fully saturated rings. The van der Waals surface area contributed by atoms with Gasteiger partial charge in [0.15, 0.2) is 11.6 Å². The molecule has 0 atom stereocenters. The number of nitrogens with one attached hydrogen (secondary N) is 3. The second-order valence-corrected chi connectivity index (χ2v) is 6.01. The molecule has 1 heterocycles. The molecule has 3 N–H and O–H groups in total. The average molecular weight is 361 g/mol. The predicted octanol–water partition coefficient (Wildman–Crippen LogP) is 3.74. The minimum Gasteiger partial charge on any atom is -0.339 e. The molecular weight excluding hydrogens is 342 g/mol. The molecule has 0 bridgehead atoms. The third-order valence-corrected chi connectivity index (χ3v) is 3.66. The summed E-state index contributed by atoms with van der Waals surface area (Å²) in [6, 6.07) is 17.9. The second-order valence-electron chi connectivity index (χ2n) is 6.01. The van der Waals surface area contributed by atoms with Crippen LogP contribution in [0.25, 0.3) is 0 Å². The molecule has 0 radical (unpaired) electrons. The van der Waals surface area contributed by atoms with E-state index in [2.05, 4.69) is 26.1 Å². The van der Waals surface area contributed by atoms with Gasteiger partial charge >= 0.3 is 0 Å². The van der Waals surface area contributed by atoms with Crippen molar-refractivity contribution < 1.29 is 9.59 Å². The van der Waals surface area contributed by atoms with Gasteiger partial charge in [0, 0.05) is 23.9 Å². The first kappa shape index (κ1) is 18.1. The molecule has 136 valence electrons. The number of carbonyl (C=O) groups excluding carboxylic acids is 2. The van der Waals surface area contributed by atoms with Gasteiger partial charge in [0.2, 0.25) is 5.91 Å². The number of rotatable bonds is 5. The van der Waals surface area contributed by atoms with Crippen LogP contribution in [0.1, 0.15) is 22.8 Å². The van der Waals surface area contributed by atoms with Gasteiger partial charge in [0.1, 0.15) is 0 Å². The number of aryl methyl sites for hydroxylation is 1. The van der Waals surface area contributed by atoms with E-state index in [-0.39, 0.29) is 11.8 Å². The fourth-order valence-electron chi connectivity index (χ4n) is 2.43. The first-order valence-corrected chi connectivity index (χ1v) is 8.36. The molecule has 0 saturated carbocycles. The van der Waals surface area contributed by atoms with E-state index in [1.807, 2.05) is 37.3 Å². The number of carbonyl (C=O) groups is 2. The van der Waals surface area contributed by atoms with Gasteiger partial charge in [-0.15, -0.1) is 10.2 Å². The van der Waals surface area contributed by atoms with Crippen molar-refractivity contribution in [3.63, 3.8) is 0 Å². The van der Waals surface area contributed by atoms with Crippen molar-refractivity contribution in [2.75, 3.05) is 16.0 Å². The van der Waals surface area contributed by atoms with Gasteiger partial charge in [-0.25, -0.2) is 0 Å². The number of amides is 2. The quantitative estimate of drug-likeness (QED) is 0.643. The summed E-state index contributed by atoms with van der Waals surface area (Å²) in [5.74, 6) is 0.552. The van der Waals surface area contributed by atoms with Crippen molar-refractivity contribution in [2.45, 2.75) is 13.8 Å². The molecule has 1 aromatic heterocycles. The summed E-state index contributed by atoms with van der Waals surface area (Å²) in [4.78, 5) is 23.3. The number of anilines is 4. The van der Waals surface area contributed by atoms with Crippen LogP contribution in [0.4, 0.5) is 23.0 Å². The Balaban J connectivity index is 1.61. The molecular formula is C20H19N5O2. The second kappa shape index (κ2) is 8.09. The molecule has 7 heteroatoms. The van der Waals surface area contributed by atoms with Crippen LogP contribution in [0.3, 0.4) is 0 Å². The zero-order chi connectivity index (χ0) is 19.2. The maximum atomic E-state index is 12.2. The molecule has 27 heavy (non-hydrogen) atoms. The van der Waals surface area contributed by atoms with E-state index >= 15 is 0 Å². The summed E-state index contributed by atoms with van der Waals surface area (Å²) in [7, 11) is 0. The highest BCUT2D eigenvalue weighted by Gasteiger charge is 2.07. The molecule has 2 amide bonds. The van der Waals surface area contributed by atoms with Crippen LogP contribution in [0.5, 0.6) is 0 Å². The maximum Gasteiger partial charge on any atom is 0.256 e. The van der Waals surface area contributed by atoms with E-state index < -0.39 is 0 Å². The molecule has 0 spiro atoms. The number of hydrogen-bond donors (Lipinski definition) is 3. The monoisotopic (exact) mass is 361 g/mol. The first-order chi connectivity index (χ1) is 13.0. The van der Waals surface area contributed by atoms with Crippen LogP contribution in [0.15, 0.2) is 60.7 Å². The van der Waals surface area contributed by atoms with Gasteiger partial charge in [-0.3, -0.25) is 9.59 Å². The number of hydrogen-bond acceptors (Lipinski definition) is 5. The van der Waals surface area contributed by atoms with Gasteiger partial charge in [0.25, 0.3) is 5.91 Å². The normalized spacial score (nSPS) is 10.1. The molecule has 2 aromatic carbocycles. The van der Waals surface area contributed by atoms with Gasteiger partial charge in [-0.2, -0.15) is 0 Å². The third-order valence-electron chi connectivity index (χ3n) is 3.66. The van der Waals surface area contributed by atoms with Gasteiger partial charge < -0.3 is 16.0 Å². The SMILES string of the molecule is CC(=O)Nc1ccc(Nc2ccc(NC(=O)c3cccc(C)c3)nn2)cc1. The molecule has 3 aromatic rings. The van der Waals surface area contributed by atoms with Crippen LogP contribution in [0, 0.1) is 6.92 Å². The van der Waals surface area contributed by atoms with Crippen molar-refractivity contribution >= 4 is 34.8 Å². The number of benzene rings is 2. The zero-order valence-corrected chi connectivity index (χ0v) is 15.0. The van der Waals surface area contributed by atoms with Crippen LogP contribution in [-0.2, 0) is 4.79 Å². The Morgan fingerprint density at radius 3 is 2.11 bits per heavy atom. The van der Waals surface area contributed by atoms with Crippen molar-refractivity contribution in [3.8, 4) is 0 Å². The largest absolute Gasteiger partial charge is 0.339 e. The van der Waals surface area contributed by atoms with Gasteiger partial charge in [-0.05, 0) is 55.5 Å². The molecule has 0 saturated heterocycles. The fourth-order valence-corrected chi connectivity index (χ4v) is 2.43. The molecule has 7 nitrogen and oxygen atoms in total. The van der Waals surface area contributed by atoms with Crippen molar-refractivity contribution in [2.24, 2.45) is 0 Å². The minimum atomic E-state index is -0.234. The van der Waals surface area contributed by atoms with Crippen molar-refractivity contribution in [3.05, 3.63) is 71.8 Å². The summed E-state index contributed by atoms with van der Waals surface area (Å²) in [5, 5.41) is 16.6. The van der Waals surface area contributed by atoms with Gasteiger partial charge in [0.05, 0.1) is 0 Å². The lowest BCUT2D eigenvalue weighted by Gasteiger charge is -2.08. The molecule has 0 aliphatic rings. The standard InChI is InChI=1S/C20H19N5O2/c1-13-4-3-5-15(12-13)20(27)23-19-11-10-18(24-25-19)22-17-8-6-16(7-9-17)21-14(2)26/h3-12H,1-2H3,(H,21,26)(H,22,24)(H,23,25,27). The van der Waals surface area contributed by atoms with Crippen LogP contribution < -0.4 is 16.0 Å². The molecule has 0 aliphatic carbocycles. The topological polar surface area (TPSA) is 96.0 Å². The van der Waals surface area contributed by atoms with Crippen molar-refractivity contribution in [1.29, 1.82) is 0 Å². The summed E-state index contributed by atoms with van der Waals surface area (Å²) < 4.78 is 0. The van der Waals surface area contributed by atoms with E-state index in [0.717, 1.165) is 11.3 Å². The minimum absolute atomic E-state index is 0.120. The highest BCUT2D eigenvalue weighted by atomic mass is 16.2. The average Bonchev–Trinajstić information content (AvgIpc) is 2.64.